The number of nitrogens with two attached hydrogens (primary N) is 1. The Morgan fingerprint density at radius 3 is 2.53 bits per heavy atom. The minimum absolute atomic E-state index is 0.0326. The maximum absolute atomic E-state index is 13.6. The van der Waals surface area contributed by atoms with Gasteiger partial charge in [-0.05, 0) is 25.3 Å². The van der Waals surface area contributed by atoms with Gasteiger partial charge in [0.05, 0.1) is 23.9 Å². The van der Waals surface area contributed by atoms with Crippen LogP contribution in [0.15, 0.2) is 17.3 Å². The number of likely N-dealkylation sites (tertiary alicyclic amines) is 1. The number of nitrogens with zero attached hydrogens (tertiary/aromatic N) is 5. The normalized spacial score (nSPS) is 19.2. The maximum atomic E-state index is 13.6. The third-order valence-corrected chi connectivity index (χ3v) is 5.45. The Morgan fingerprint density at radius 2 is 2.03 bits per heavy atom. The van der Waals surface area contributed by atoms with E-state index in [-0.39, 0.29) is 29.7 Å². The lowest BCUT2D eigenvalue weighted by atomic mass is 10.0. The molecule has 7 nitrogen and oxygen atoms in total. The SMILES string of the molecule is N#Cc1c(C(F)(F)F)cc(/C(C=NC2CCN(CCO)CC2)=C/N)nc1N1CCC1. The van der Waals surface area contributed by atoms with Crippen molar-refractivity contribution in [3.8, 4) is 6.07 Å². The number of nitriles is 1. The molecule has 0 aliphatic carbocycles. The Bertz CT molecular complexity index is 849. The van der Waals surface area contributed by atoms with Crippen molar-refractivity contribution in [3.63, 3.8) is 0 Å². The van der Waals surface area contributed by atoms with Gasteiger partial charge in [0.1, 0.15) is 17.5 Å². The maximum Gasteiger partial charge on any atom is 0.417 e. The number of allylic oxidation sites excluding steroid dienone is 1. The number of pyridine rings is 1. The zero-order chi connectivity index (χ0) is 21.7. The third-order valence-electron chi connectivity index (χ3n) is 5.45. The second kappa shape index (κ2) is 9.45. The highest BCUT2D eigenvalue weighted by atomic mass is 19.4. The molecule has 0 spiro atoms. The number of rotatable bonds is 6. The van der Waals surface area contributed by atoms with E-state index in [2.05, 4.69) is 14.9 Å². The number of β-amino-alcohol motifs (C(OH)–C–C–N with tert-alkyl or cyclic N) is 1. The quantitative estimate of drug-likeness (QED) is 0.680. The number of halogens is 3. The molecule has 3 heterocycles. The Hall–Kier alpha value is -2.64. The van der Waals surface area contributed by atoms with Gasteiger partial charge in [0, 0.05) is 50.7 Å². The van der Waals surface area contributed by atoms with Gasteiger partial charge in [0.2, 0.25) is 0 Å². The predicted octanol–water partition coefficient (Wildman–Crippen LogP) is 2.01. The molecule has 162 valence electrons. The number of anilines is 1. The average molecular weight is 422 g/mol. The van der Waals surface area contributed by atoms with E-state index >= 15 is 0 Å². The molecule has 0 bridgehead atoms. The molecule has 0 amide bonds. The summed E-state index contributed by atoms with van der Waals surface area (Å²) in [5, 5.41) is 18.4. The number of hydrogen-bond donors (Lipinski definition) is 2. The first-order valence-corrected chi connectivity index (χ1v) is 9.93. The molecular weight excluding hydrogens is 397 g/mol. The van der Waals surface area contributed by atoms with Gasteiger partial charge in [-0.1, -0.05) is 0 Å². The second-order valence-corrected chi connectivity index (χ2v) is 7.40. The standard InChI is InChI=1S/C20H25F3N6O/c21-20(22,23)17-10-18(27-19(16(17)12-25)29-4-1-5-29)14(11-24)13-26-15-2-6-28(7-3-15)8-9-30/h10-11,13,15,30H,1-9,24H2/b14-11+,26-13?. The molecule has 0 aromatic carbocycles. The summed E-state index contributed by atoms with van der Waals surface area (Å²) in [5.41, 5.74) is 4.55. The van der Waals surface area contributed by atoms with Crippen LogP contribution in [0.1, 0.15) is 36.1 Å². The molecule has 2 fully saturated rings. The second-order valence-electron chi connectivity index (χ2n) is 7.40. The molecule has 30 heavy (non-hydrogen) atoms. The van der Waals surface area contributed by atoms with Crippen molar-refractivity contribution in [1.29, 1.82) is 5.26 Å². The highest BCUT2D eigenvalue weighted by molar-refractivity contribution is 6.09. The fraction of sp³-hybridized carbons (Fsp3) is 0.550. The van der Waals surface area contributed by atoms with E-state index < -0.39 is 17.3 Å². The summed E-state index contributed by atoms with van der Waals surface area (Å²) >= 11 is 0. The van der Waals surface area contributed by atoms with Gasteiger partial charge in [0.15, 0.2) is 0 Å². The molecular formula is C20H25F3N6O. The molecule has 3 rings (SSSR count). The van der Waals surface area contributed by atoms with Gasteiger partial charge in [-0.15, -0.1) is 0 Å². The number of aliphatic hydroxyl groups is 1. The first-order chi connectivity index (χ1) is 14.4. The fourth-order valence-electron chi connectivity index (χ4n) is 3.58. The summed E-state index contributed by atoms with van der Waals surface area (Å²) < 4.78 is 40.9. The van der Waals surface area contributed by atoms with Crippen LogP contribution in [0.25, 0.3) is 5.57 Å². The van der Waals surface area contributed by atoms with E-state index in [9.17, 15) is 18.4 Å². The van der Waals surface area contributed by atoms with E-state index in [1.807, 2.05) is 0 Å². The third kappa shape index (κ3) is 4.91. The minimum atomic E-state index is -4.68. The molecule has 3 N–H and O–H groups in total. The van der Waals surface area contributed by atoms with Crippen molar-refractivity contribution in [3.05, 3.63) is 29.1 Å². The number of aromatic nitrogens is 1. The summed E-state index contributed by atoms with van der Waals surface area (Å²) in [4.78, 5) is 12.7. The largest absolute Gasteiger partial charge is 0.417 e. The number of aliphatic imine (C=N–C) groups is 1. The van der Waals surface area contributed by atoms with Crippen molar-refractivity contribution >= 4 is 17.6 Å². The zero-order valence-corrected chi connectivity index (χ0v) is 16.6. The Labute approximate surface area is 173 Å². The predicted molar refractivity (Wildman–Crippen MR) is 108 cm³/mol. The molecule has 1 aromatic heterocycles. The molecule has 2 aliphatic rings. The lowest BCUT2D eigenvalue weighted by Gasteiger charge is -2.33. The van der Waals surface area contributed by atoms with Crippen molar-refractivity contribution < 1.29 is 18.3 Å². The van der Waals surface area contributed by atoms with Crippen LogP contribution < -0.4 is 10.6 Å². The van der Waals surface area contributed by atoms with Crippen molar-refractivity contribution in [2.75, 3.05) is 44.2 Å². The van der Waals surface area contributed by atoms with E-state index in [4.69, 9.17) is 10.8 Å². The van der Waals surface area contributed by atoms with E-state index in [1.54, 1.807) is 11.0 Å². The van der Waals surface area contributed by atoms with Gasteiger partial charge in [-0.25, -0.2) is 4.98 Å². The average Bonchev–Trinajstić information content (AvgIpc) is 2.67. The van der Waals surface area contributed by atoms with Crippen LogP contribution in [0.4, 0.5) is 19.0 Å². The van der Waals surface area contributed by atoms with Gasteiger partial charge in [-0.3, -0.25) is 4.99 Å². The molecule has 2 aliphatic heterocycles. The Balaban J connectivity index is 1.87. The molecule has 0 unspecified atom stereocenters. The zero-order valence-electron chi connectivity index (χ0n) is 16.6. The summed E-state index contributed by atoms with van der Waals surface area (Å²) in [5.74, 6) is 0.0404. The van der Waals surface area contributed by atoms with Gasteiger partial charge < -0.3 is 20.6 Å². The van der Waals surface area contributed by atoms with Gasteiger partial charge in [-0.2, -0.15) is 18.4 Å². The van der Waals surface area contributed by atoms with Crippen LogP contribution in [-0.4, -0.2) is 66.6 Å². The first-order valence-electron chi connectivity index (χ1n) is 9.93. The summed E-state index contributed by atoms with van der Waals surface area (Å²) in [6, 6.07) is 2.58. The summed E-state index contributed by atoms with van der Waals surface area (Å²) in [7, 11) is 0. The van der Waals surface area contributed by atoms with Gasteiger partial charge in [0.25, 0.3) is 0 Å². The minimum Gasteiger partial charge on any atom is -0.404 e. The molecule has 10 heteroatoms. The summed E-state index contributed by atoms with van der Waals surface area (Å²) in [6.07, 6.45) is 0.413. The number of piperidine rings is 1. The van der Waals surface area contributed by atoms with Crippen LogP contribution in [0.3, 0.4) is 0 Å². The van der Waals surface area contributed by atoms with Crippen LogP contribution in [0, 0.1) is 11.3 Å². The van der Waals surface area contributed by atoms with Crippen molar-refractivity contribution in [2.24, 2.45) is 10.7 Å². The van der Waals surface area contributed by atoms with Crippen molar-refractivity contribution in [1.82, 2.24) is 9.88 Å². The monoisotopic (exact) mass is 422 g/mol. The van der Waals surface area contributed by atoms with E-state index in [1.165, 1.54) is 12.4 Å². The van der Waals surface area contributed by atoms with Crippen LogP contribution in [0.2, 0.25) is 0 Å². The highest BCUT2D eigenvalue weighted by Crippen LogP contribution is 2.37. The molecule has 1 aromatic rings. The first kappa shape index (κ1) is 22.1. The smallest absolute Gasteiger partial charge is 0.404 e. The van der Waals surface area contributed by atoms with Crippen LogP contribution in [0.5, 0.6) is 0 Å². The molecule has 0 saturated carbocycles. The fourth-order valence-corrected chi connectivity index (χ4v) is 3.58. The lowest BCUT2D eigenvalue weighted by Crippen LogP contribution is -2.38. The Morgan fingerprint density at radius 1 is 1.33 bits per heavy atom. The summed E-state index contributed by atoms with van der Waals surface area (Å²) in [6.45, 7) is 3.46. The highest BCUT2D eigenvalue weighted by Gasteiger charge is 2.37. The van der Waals surface area contributed by atoms with Gasteiger partial charge >= 0.3 is 6.18 Å². The molecule has 0 atom stereocenters. The number of aliphatic hydroxyl groups excluding tert-OH is 1. The van der Waals surface area contributed by atoms with Crippen molar-refractivity contribution in [2.45, 2.75) is 31.5 Å². The molecule has 0 radical (unpaired) electrons. The van der Waals surface area contributed by atoms with Crippen LogP contribution in [-0.2, 0) is 6.18 Å². The Kier molecular flexibility index (Phi) is 6.95. The molecule has 2 saturated heterocycles. The number of alkyl halides is 3. The van der Waals surface area contributed by atoms with E-state index in [0.717, 1.165) is 38.4 Å². The van der Waals surface area contributed by atoms with Crippen LogP contribution >= 0.6 is 0 Å². The topological polar surface area (TPSA) is 102 Å². The van der Waals surface area contributed by atoms with E-state index in [0.29, 0.717) is 19.6 Å². The lowest BCUT2D eigenvalue weighted by molar-refractivity contribution is -0.137. The number of hydrogen-bond acceptors (Lipinski definition) is 7.